The fourth-order valence-corrected chi connectivity index (χ4v) is 10.2. The molecule has 2 aliphatic rings. The minimum Gasteiger partial charge on any atom is -0.310 e. The Bertz CT molecular complexity index is 2970. The van der Waals surface area contributed by atoms with Crippen molar-refractivity contribution in [3.8, 4) is 44.5 Å². The van der Waals surface area contributed by atoms with Gasteiger partial charge in [-0.05, 0) is 120 Å². The lowest BCUT2D eigenvalue weighted by atomic mass is 9.67. The molecule has 11 rings (SSSR count). The summed E-state index contributed by atoms with van der Waals surface area (Å²) in [6.45, 7) is 4.74. The summed E-state index contributed by atoms with van der Waals surface area (Å²) in [5.41, 5.74) is 20.6. The third-order valence-corrected chi connectivity index (χ3v) is 12.9. The third-order valence-electron chi connectivity index (χ3n) is 12.9. The molecule has 0 unspecified atom stereocenters. The summed E-state index contributed by atoms with van der Waals surface area (Å²) in [5, 5.41) is 0. The first kappa shape index (κ1) is 35.0. The normalized spacial score (nSPS) is 13.9. The standard InChI is InChI=1S/C58H43N/c1-57(2)53-30-14-12-28-49(53)51-34-32-47(38-55(51)57)59(46-27-17-22-43(37-46)42-21-16-20-41(36-42)40-18-6-3-7-19-40)48-33-35-52-50-29-13-15-31-54(50)58(56(52)39-48,44-23-8-4-9-24-44)45-25-10-5-11-26-45/h3-39H,1-2H3. The van der Waals surface area contributed by atoms with Crippen molar-refractivity contribution in [1.29, 1.82) is 0 Å². The molecule has 1 nitrogen and oxygen atoms in total. The molecule has 59 heavy (non-hydrogen) atoms. The molecule has 0 spiro atoms. The van der Waals surface area contributed by atoms with Gasteiger partial charge in [-0.3, -0.25) is 0 Å². The van der Waals surface area contributed by atoms with Crippen LogP contribution in [-0.2, 0) is 10.8 Å². The Labute approximate surface area is 347 Å². The zero-order valence-electron chi connectivity index (χ0n) is 33.3. The molecule has 2 aliphatic carbocycles. The first-order valence-electron chi connectivity index (χ1n) is 20.7. The van der Waals surface area contributed by atoms with Crippen molar-refractivity contribution < 1.29 is 0 Å². The molecule has 0 aromatic heterocycles. The van der Waals surface area contributed by atoms with Gasteiger partial charge >= 0.3 is 0 Å². The number of hydrogen-bond donors (Lipinski definition) is 0. The van der Waals surface area contributed by atoms with Crippen LogP contribution in [0.5, 0.6) is 0 Å². The zero-order valence-corrected chi connectivity index (χ0v) is 33.3. The Balaban J connectivity index is 1.14. The molecule has 280 valence electrons. The number of hydrogen-bond acceptors (Lipinski definition) is 1. The van der Waals surface area contributed by atoms with E-state index in [4.69, 9.17) is 0 Å². The fourth-order valence-electron chi connectivity index (χ4n) is 10.2. The van der Waals surface area contributed by atoms with Gasteiger partial charge in [0.05, 0.1) is 5.41 Å². The van der Waals surface area contributed by atoms with Crippen LogP contribution in [0, 0.1) is 0 Å². The Hall–Kier alpha value is -7.22. The van der Waals surface area contributed by atoms with E-state index in [0.29, 0.717) is 0 Å². The van der Waals surface area contributed by atoms with Gasteiger partial charge < -0.3 is 4.90 Å². The molecule has 0 N–H and O–H groups in total. The van der Waals surface area contributed by atoms with Crippen molar-refractivity contribution in [2.24, 2.45) is 0 Å². The monoisotopic (exact) mass is 753 g/mol. The van der Waals surface area contributed by atoms with Gasteiger partial charge in [0.2, 0.25) is 0 Å². The summed E-state index contributed by atoms with van der Waals surface area (Å²) in [6, 6.07) is 83.0. The van der Waals surface area contributed by atoms with Crippen LogP contribution in [0.1, 0.15) is 47.2 Å². The van der Waals surface area contributed by atoms with Crippen molar-refractivity contribution in [3.63, 3.8) is 0 Å². The van der Waals surface area contributed by atoms with Crippen molar-refractivity contribution in [3.05, 3.63) is 258 Å². The Morgan fingerprint density at radius 3 is 1.36 bits per heavy atom. The molecule has 9 aromatic carbocycles. The lowest BCUT2D eigenvalue weighted by molar-refractivity contribution is 0.660. The highest BCUT2D eigenvalue weighted by Gasteiger charge is 2.46. The van der Waals surface area contributed by atoms with Gasteiger partial charge in [-0.25, -0.2) is 0 Å². The van der Waals surface area contributed by atoms with E-state index in [9.17, 15) is 0 Å². The smallest absolute Gasteiger partial charge is 0.0714 e. The first-order chi connectivity index (χ1) is 29.0. The highest BCUT2D eigenvalue weighted by Crippen LogP contribution is 2.58. The second kappa shape index (κ2) is 13.7. The number of benzene rings is 9. The quantitative estimate of drug-likeness (QED) is 0.157. The molecule has 0 aliphatic heterocycles. The summed E-state index contributed by atoms with van der Waals surface area (Å²) in [7, 11) is 0. The van der Waals surface area contributed by atoms with Crippen LogP contribution < -0.4 is 4.90 Å². The van der Waals surface area contributed by atoms with Crippen LogP contribution in [0.2, 0.25) is 0 Å². The van der Waals surface area contributed by atoms with E-state index in [-0.39, 0.29) is 5.41 Å². The average Bonchev–Trinajstić information content (AvgIpc) is 3.72. The number of rotatable bonds is 7. The summed E-state index contributed by atoms with van der Waals surface area (Å²) < 4.78 is 0. The van der Waals surface area contributed by atoms with Gasteiger partial charge in [0, 0.05) is 22.5 Å². The number of nitrogens with zero attached hydrogens (tertiary/aromatic N) is 1. The second-order valence-electron chi connectivity index (χ2n) is 16.5. The maximum absolute atomic E-state index is 2.48. The summed E-state index contributed by atoms with van der Waals surface area (Å²) >= 11 is 0. The first-order valence-corrected chi connectivity index (χ1v) is 20.7. The summed E-state index contributed by atoms with van der Waals surface area (Å²) in [5.74, 6) is 0. The molecular weight excluding hydrogens is 711 g/mol. The van der Waals surface area contributed by atoms with Crippen LogP contribution in [-0.4, -0.2) is 0 Å². The van der Waals surface area contributed by atoms with Crippen LogP contribution in [0.15, 0.2) is 224 Å². The van der Waals surface area contributed by atoms with Gasteiger partial charge in [0.25, 0.3) is 0 Å². The molecule has 0 bridgehead atoms. The molecule has 1 heteroatoms. The topological polar surface area (TPSA) is 3.24 Å². The SMILES string of the molecule is CC1(C)c2ccccc2-c2ccc(N(c3cccc(-c4cccc(-c5ccccc5)c4)c3)c3ccc4c(c3)C(c3ccccc3)(c3ccccc3)c3ccccc3-4)cc21. The van der Waals surface area contributed by atoms with Crippen molar-refractivity contribution >= 4 is 17.1 Å². The molecule has 0 radical (unpaired) electrons. The Morgan fingerprint density at radius 2 is 0.712 bits per heavy atom. The maximum Gasteiger partial charge on any atom is 0.0714 e. The summed E-state index contributed by atoms with van der Waals surface area (Å²) in [6.07, 6.45) is 0. The largest absolute Gasteiger partial charge is 0.310 e. The van der Waals surface area contributed by atoms with Gasteiger partial charge in [-0.15, -0.1) is 0 Å². The van der Waals surface area contributed by atoms with Crippen LogP contribution in [0.4, 0.5) is 17.1 Å². The molecule has 0 heterocycles. The van der Waals surface area contributed by atoms with Gasteiger partial charge in [0.15, 0.2) is 0 Å². The van der Waals surface area contributed by atoms with Crippen LogP contribution in [0.25, 0.3) is 44.5 Å². The van der Waals surface area contributed by atoms with Crippen molar-refractivity contribution in [1.82, 2.24) is 0 Å². The van der Waals surface area contributed by atoms with E-state index in [0.717, 1.165) is 17.1 Å². The zero-order chi connectivity index (χ0) is 39.6. The van der Waals surface area contributed by atoms with E-state index in [1.807, 2.05) is 0 Å². The predicted molar refractivity (Wildman–Crippen MR) is 247 cm³/mol. The molecule has 0 fully saturated rings. The van der Waals surface area contributed by atoms with Gasteiger partial charge in [-0.2, -0.15) is 0 Å². The van der Waals surface area contributed by atoms with E-state index in [1.54, 1.807) is 0 Å². The number of fused-ring (bicyclic) bond motifs is 6. The third kappa shape index (κ3) is 5.46. The van der Waals surface area contributed by atoms with Gasteiger partial charge in [0.1, 0.15) is 0 Å². The molecular formula is C58H43N. The maximum atomic E-state index is 2.48. The predicted octanol–water partition coefficient (Wildman–Crippen LogP) is 15.2. The summed E-state index contributed by atoms with van der Waals surface area (Å²) in [4.78, 5) is 2.48. The molecule has 9 aromatic rings. The highest BCUT2D eigenvalue weighted by molar-refractivity contribution is 5.91. The second-order valence-corrected chi connectivity index (χ2v) is 16.5. The Morgan fingerprint density at radius 1 is 0.288 bits per heavy atom. The van der Waals surface area contributed by atoms with E-state index in [1.165, 1.54) is 77.9 Å². The number of anilines is 3. The molecule has 0 saturated carbocycles. The highest BCUT2D eigenvalue weighted by atomic mass is 15.1. The minimum absolute atomic E-state index is 0.136. The molecule has 0 amide bonds. The lowest BCUT2D eigenvalue weighted by Gasteiger charge is -2.35. The molecule has 0 saturated heterocycles. The van der Waals surface area contributed by atoms with E-state index in [2.05, 4.69) is 243 Å². The van der Waals surface area contributed by atoms with Crippen LogP contribution in [0.3, 0.4) is 0 Å². The van der Waals surface area contributed by atoms with Gasteiger partial charge in [-0.1, -0.05) is 196 Å². The Kier molecular flexibility index (Phi) is 8.13. The molecule has 0 atom stereocenters. The fraction of sp³-hybridized carbons (Fsp3) is 0.0690. The minimum atomic E-state index is -0.503. The average molecular weight is 754 g/mol. The van der Waals surface area contributed by atoms with Crippen molar-refractivity contribution in [2.75, 3.05) is 4.90 Å². The van der Waals surface area contributed by atoms with E-state index < -0.39 is 5.41 Å². The van der Waals surface area contributed by atoms with E-state index >= 15 is 0 Å². The van der Waals surface area contributed by atoms with Crippen LogP contribution >= 0.6 is 0 Å². The lowest BCUT2D eigenvalue weighted by Crippen LogP contribution is -2.28. The van der Waals surface area contributed by atoms with Crippen molar-refractivity contribution in [2.45, 2.75) is 24.7 Å².